The van der Waals surface area contributed by atoms with E-state index in [4.69, 9.17) is 5.73 Å². The van der Waals surface area contributed by atoms with Crippen LogP contribution >= 0.6 is 0 Å². The van der Waals surface area contributed by atoms with Crippen LogP contribution in [-0.2, 0) is 0 Å². The van der Waals surface area contributed by atoms with E-state index in [-0.39, 0.29) is 17.5 Å². The molecule has 1 aromatic heterocycles. The molecule has 0 spiro atoms. The van der Waals surface area contributed by atoms with E-state index >= 15 is 0 Å². The van der Waals surface area contributed by atoms with Crippen LogP contribution in [0.2, 0.25) is 0 Å². The largest absolute Gasteiger partial charge is 0.348 e. The van der Waals surface area contributed by atoms with Crippen molar-refractivity contribution in [3.05, 3.63) is 34.2 Å². The summed E-state index contributed by atoms with van der Waals surface area (Å²) in [6, 6.07) is 2.70. The monoisotopic (exact) mass is 195 g/mol. The smallest absolute Gasteiger partial charge is 0.253 e. The number of H-pyrrole nitrogens is 1. The number of carbonyl (C=O) groups is 1. The minimum Gasteiger partial charge on any atom is -0.348 e. The van der Waals surface area contributed by atoms with Gasteiger partial charge in [-0.05, 0) is 13.0 Å². The second kappa shape index (κ2) is 4.57. The van der Waals surface area contributed by atoms with Gasteiger partial charge in [-0.25, -0.2) is 0 Å². The van der Waals surface area contributed by atoms with Gasteiger partial charge in [0.05, 0.1) is 5.56 Å². The van der Waals surface area contributed by atoms with Gasteiger partial charge >= 0.3 is 0 Å². The number of aromatic nitrogens is 1. The molecule has 0 radical (unpaired) electrons. The molecule has 0 aliphatic rings. The van der Waals surface area contributed by atoms with Gasteiger partial charge in [-0.2, -0.15) is 0 Å². The Morgan fingerprint density at radius 3 is 2.86 bits per heavy atom. The predicted molar refractivity (Wildman–Crippen MR) is 53.0 cm³/mol. The number of rotatable bonds is 3. The topological polar surface area (TPSA) is 88.0 Å². The lowest BCUT2D eigenvalue weighted by Crippen LogP contribution is -2.37. The molecule has 4 N–H and O–H groups in total. The molecule has 76 valence electrons. The van der Waals surface area contributed by atoms with E-state index in [9.17, 15) is 9.59 Å². The molecule has 1 aromatic rings. The highest BCUT2D eigenvalue weighted by Crippen LogP contribution is 1.93. The Hall–Kier alpha value is -1.62. The zero-order valence-corrected chi connectivity index (χ0v) is 7.91. The molecule has 1 heterocycles. The molecule has 1 amide bonds. The Kier molecular flexibility index (Phi) is 3.41. The molecule has 5 heteroatoms. The van der Waals surface area contributed by atoms with E-state index in [1.165, 1.54) is 18.3 Å². The average molecular weight is 195 g/mol. The molecule has 0 aliphatic carbocycles. The summed E-state index contributed by atoms with van der Waals surface area (Å²) in [7, 11) is 0. The van der Waals surface area contributed by atoms with Crippen LogP contribution in [0.3, 0.4) is 0 Å². The van der Waals surface area contributed by atoms with Crippen molar-refractivity contribution in [2.75, 3.05) is 6.54 Å². The summed E-state index contributed by atoms with van der Waals surface area (Å²) in [5, 5.41) is 2.68. The summed E-state index contributed by atoms with van der Waals surface area (Å²) >= 11 is 0. The van der Waals surface area contributed by atoms with Crippen LogP contribution in [0.25, 0.3) is 0 Å². The summed E-state index contributed by atoms with van der Waals surface area (Å²) in [5.74, 6) is -0.237. The highest BCUT2D eigenvalue weighted by Gasteiger charge is 2.07. The lowest BCUT2D eigenvalue weighted by atomic mass is 10.2. The molecule has 5 nitrogen and oxygen atoms in total. The summed E-state index contributed by atoms with van der Waals surface area (Å²) in [5.41, 5.74) is 5.54. The fourth-order valence-corrected chi connectivity index (χ4v) is 0.918. The van der Waals surface area contributed by atoms with Crippen LogP contribution < -0.4 is 16.6 Å². The first kappa shape index (κ1) is 10.5. The Balaban J connectivity index is 2.70. The van der Waals surface area contributed by atoms with Crippen molar-refractivity contribution in [3.63, 3.8) is 0 Å². The molecule has 1 rings (SSSR count). The van der Waals surface area contributed by atoms with Gasteiger partial charge < -0.3 is 16.0 Å². The van der Waals surface area contributed by atoms with Crippen molar-refractivity contribution in [1.82, 2.24) is 10.3 Å². The second-order valence-corrected chi connectivity index (χ2v) is 3.05. The molecule has 0 fully saturated rings. The fourth-order valence-electron chi connectivity index (χ4n) is 0.918. The number of hydrogen-bond acceptors (Lipinski definition) is 3. The molecule has 0 aliphatic heterocycles. The van der Waals surface area contributed by atoms with E-state index < -0.39 is 0 Å². The van der Waals surface area contributed by atoms with Crippen molar-refractivity contribution in [2.45, 2.75) is 13.0 Å². The minimum absolute atomic E-state index is 0.0746. The van der Waals surface area contributed by atoms with Gasteiger partial charge in [0.2, 0.25) is 5.56 Å². The quantitative estimate of drug-likeness (QED) is 0.604. The maximum Gasteiger partial charge on any atom is 0.253 e. The van der Waals surface area contributed by atoms with Gasteiger partial charge in [0.15, 0.2) is 0 Å². The van der Waals surface area contributed by atoms with Crippen molar-refractivity contribution < 1.29 is 4.79 Å². The number of amides is 1. The van der Waals surface area contributed by atoms with Crippen molar-refractivity contribution in [1.29, 1.82) is 0 Å². The van der Waals surface area contributed by atoms with Gasteiger partial charge in [0, 0.05) is 24.8 Å². The van der Waals surface area contributed by atoms with Gasteiger partial charge in [0.25, 0.3) is 5.91 Å². The molecule has 14 heavy (non-hydrogen) atoms. The molecule has 0 saturated heterocycles. The highest BCUT2D eigenvalue weighted by molar-refractivity contribution is 5.93. The number of pyridine rings is 1. The maximum absolute atomic E-state index is 11.4. The Labute approximate surface area is 81.3 Å². The normalized spacial score (nSPS) is 12.1. The van der Waals surface area contributed by atoms with Gasteiger partial charge in [0.1, 0.15) is 0 Å². The van der Waals surface area contributed by atoms with Gasteiger partial charge in [-0.1, -0.05) is 0 Å². The zero-order valence-electron chi connectivity index (χ0n) is 7.91. The number of aromatic amines is 1. The van der Waals surface area contributed by atoms with Crippen LogP contribution in [0.1, 0.15) is 17.3 Å². The van der Waals surface area contributed by atoms with E-state index in [1.807, 2.05) is 6.92 Å². The van der Waals surface area contributed by atoms with Gasteiger partial charge in [-0.15, -0.1) is 0 Å². The van der Waals surface area contributed by atoms with E-state index in [2.05, 4.69) is 10.3 Å². The molecular formula is C9H13N3O2. The SMILES string of the molecule is CC(CN)NC(=O)c1ccc(=O)[nH]c1. The molecule has 1 atom stereocenters. The lowest BCUT2D eigenvalue weighted by molar-refractivity contribution is 0.0941. The number of carbonyl (C=O) groups excluding carboxylic acids is 1. The van der Waals surface area contributed by atoms with Crippen LogP contribution in [0.5, 0.6) is 0 Å². The van der Waals surface area contributed by atoms with Gasteiger partial charge in [-0.3, -0.25) is 9.59 Å². The van der Waals surface area contributed by atoms with Crippen molar-refractivity contribution in [3.8, 4) is 0 Å². The summed E-state index contributed by atoms with van der Waals surface area (Å²) in [6.45, 7) is 2.19. The highest BCUT2D eigenvalue weighted by atomic mass is 16.2. The predicted octanol–water partition coefficient (Wildman–Crippen LogP) is -0.548. The molecule has 0 aromatic carbocycles. The van der Waals surface area contributed by atoms with E-state index in [0.717, 1.165) is 0 Å². The summed E-state index contributed by atoms with van der Waals surface area (Å²) in [4.78, 5) is 24.6. The number of nitrogens with one attached hydrogen (secondary N) is 2. The summed E-state index contributed by atoms with van der Waals surface area (Å²) < 4.78 is 0. The molecule has 0 saturated carbocycles. The van der Waals surface area contributed by atoms with Crippen LogP contribution in [0.15, 0.2) is 23.1 Å². The van der Waals surface area contributed by atoms with Crippen molar-refractivity contribution in [2.24, 2.45) is 5.73 Å². The Bertz CT molecular complexity index is 352. The maximum atomic E-state index is 11.4. The van der Waals surface area contributed by atoms with E-state index in [0.29, 0.717) is 12.1 Å². The minimum atomic E-state index is -0.237. The van der Waals surface area contributed by atoms with E-state index in [1.54, 1.807) is 0 Å². The zero-order chi connectivity index (χ0) is 10.6. The van der Waals surface area contributed by atoms with Crippen LogP contribution in [0.4, 0.5) is 0 Å². The third-order valence-electron chi connectivity index (χ3n) is 1.78. The first-order valence-electron chi connectivity index (χ1n) is 4.33. The second-order valence-electron chi connectivity index (χ2n) is 3.05. The number of hydrogen-bond donors (Lipinski definition) is 3. The Morgan fingerprint density at radius 1 is 1.64 bits per heavy atom. The average Bonchev–Trinajstić information content (AvgIpc) is 2.18. The standard InChI is InChI=1S/C9H13N3O2/c1-6(4-10)12-9(14)7-2-3-8(13)11-5-7/h2-3,5-6H,4,10H2,1H3,(H,11,13)(H,12,14). The van der Waals surface area contributed by atoms with Crippen LogP contribution in [0, 0.1) is 0 Å². The van der Waals surface area contributed by atoms with Crippen LogP contribution in [-0.4, -0.2) is 23.5 Å². The first-order valence-corrected chi connectivity index (χ1v) is 4.33. The van der Waals surface area contributed by atoms with Crippen molar-refractivity contribution >= 4 is 5.91 Å². The fraction of sp³-hybridized carbons (Fsp3) is 0.333. The molecular weight excluding hydrogens is 182 g/mol. The molecule has 1 unspecified atom stereocenters. The third kappa shape index (κ3) is 2.70. The Morgan fingerprint density at radius 2 is 2.36 bits per heavy atom. The first-order chi connectivity index (χ1) is 6.63. The number of nitrogens with two attached hydrogens (primary N) is 1. The lowest BCUT2D eigenvalue weighted by Gasteiger charge is -2.10. The third-order valence-corrected chi connectivity index (χ3v) is 1.78. The molecule has 0 bridgehead atoms. The summed E-state index contributed by atoms with van der Waals surface area (Å²) in [6.07, 6.45) is 1.38.